The second-order valence-electron chi connectivity index (χ2n) is 8.48. The zero-order valence-corrected chi connectivity index (χ0v) is 17.1. The van der Waals surface area contributed by atoms with Crippen LogP contribution in [-0.2, 0) is 5.41 Å². The number of carbonyl (C=O) groups excluding carboxylic acids is 1. The summed E-state index contributed by atoms with van der Waals surface area (Å²) in [6.07, 6.45) is 6.87. The molecular weight excluding hydrogens is 332 g/mol. The Labute approximate surface area is 163 Å². The van der Waals surface area contributed by atoms with Crippen LogP contribution in [0.4, 0.5) is 0 Å². The Morgan fingerprint density at radius 2 is 1.52 bits per heavy atom. The van der Waals surface area contributed by atoms with Gasteiger partial charge in [-0.25, -0.2) is 0 Å². The van der Waals surface area contributed by atoms with E-state index >= 15 is 0 Å². The van der Waals surface area contributed by atoms with Crippen molar-refractivity contribution in [3.8, 4) is 11.1 Å². The molecule has 0 heterocycles. The van der Waals surface area contributed by atoms with Crippen molar-refractivity contribution in [3.05, 3.63) is 59.2 Å². The molecule has 2 nitrogen and oxygen atoms in total. The predicted molar refractivity (Wildman–Crippen MR) is 112 cm³/mol. The summed E-state index contributed by atoms with van der Waals surface area (Å²) >= 11 is 0. The average molecular weight is 365 g/mol. The van der Waals surface area contributed by atoms with Gasteiger partial charge in [-0.2, -0.15) is 0 Å². The molecule has 0 aromatic heterocycles. The van der Waals surface area contributed by atoms with Crippen molar-refractivity contribution in [2.24, 2.45) is 0 Å². The van der Waals surface area contributed by atoms with Crippen LogP contribution in [0.15, 0.2) is 42.5 Å². The standard InChI is InChI=1S/C25H32O2/c1-5-7-15-25(16-8-6-2)21-12-10-9-11-19(21)20-14-13-18(17-22(20)25)23(26)24(3,4)27/h9-14,17,27H,5-8,15-16H2,1-4H3. The molecule has 1 aliphatic carbocycles. The molecule has 0 saturated carbocycles. The van der Waals surface area contributed by atoms with E-state index in [1.807, 2.05) is 6.07 Å². The minimum atomic E-state index is -1.35. The van der Waals surface area contributed by atoms with E-state index in [2.05, 4.69) is 50.2 Å². The fraction of sp³-hybridized carbons (Fsp3) is 0.480. The Bertz CT molecular complexity index is 818. The third kappa shape index (κ3) is 3.48. The van der Waals surface area contributed by atoms with Gasteiger partial charge in [0.25, 0.3) is 0 Å². The van der Waals surface area contributed by atoms with Gasteiger partial charge in [0.15, 0.2) is 5.78 Å². The SMILES string of the molecule is CCCCC1(CCCC)c2ccccc2-c2ccc(C(=O)C(C)(C)O)cc21. The molecule has 3 rings (SSSR count). The summed E-state index contributed by atoms with van der Waals surface area (Å²) < 4.78 is 0. The lowest BCUT2D eigenvalue weighted by atomic mass is 9.70. The molecular formula is C25H32O2. The lowest BCUT2D eigenvalue weighted by Crippen LogP contribution is -2.31. The summed E-state index contributed by atoms with van der Waals surface area (Å²) in [5.41, 5.74) is 4.50. The highest BCUT2D eigenvalue weighted by Crippen LogP contribution is 2.54. The highest BCUT2D eigenvalue weighted by atomic mass is 16.3. The van der Waals surface area contributed by atoms with Gasteiger partial charge in [-0.15, -0.1) is 0 Å². The normalized spacial score (nSPS) is 14.7. The van der Waals surface area contributed by atoms with Crippen LogP contribution in [0.25, 0.3) is 11.1 Å². The van der Waals surface area contributed by atoms with Crippen LogP contribution in [0.3, 0.4) is 0 Å². The number of rotatable bonds is 8. The average Bonchev–Trinajstić information content (AvgIpc) is 2.93. The highest BCUT2D eigenvalue weighted by molar-refractivity contribution is 6.02. The summed E-state index contributed by atoms with van der Waals surface area (Å²) in [5, 5.41) is 10.2. The van der Waals surface area contributed by atoms with Crippen LogP contribution in [0.2, 0.25) is 0 Å². The number of fused-ring (bicyclic) bond motifs is 3. The Hall–Kier alpha value is -1.93. The molecule has 0 amide bonds. The fourth-order valence-electron chi connectivity index (χ4n) is 4.57. The molecule has 0 bridgehead atoms. The van der Waals surface area contributed by atoms with Crippen molar-refractivity contribution < 1.29 is 9.90 Å². The van der Waals surface area contributed by atoms with Gasteiger partial charge in [-0.1, -0.05) is 75.9 Å². The maximum atomic E-state index is 12.7. The predicted octanol–water partition coefficient (Wildman–Crippen LogP) is 6.29. The number of ketones is 1. The van der Waals surface area contributed by atoms with Gasteiger partial charge in [0.05, 0.1) is 0 Å². The maximum Gasteiger partial charge on any atom is 0.193 e. The van der Waals surface area contributed by atoms with Crippen molar-refractivity contribution >= 4 is 5.78 Å². The lowest BCUT2D eigenvalue weighted by Gasteiger charge is -2.33. The highest BCUT2D eigenvalue weighted by Gasteiger charge is 2.42. The van der Waals surface area contributed by atoms with Gasteiger partial charge in [-0.05, 0) is 55.0 Å². The zero-order valence-electron chi connectivity index (χ0n) is 17.1. The van der Waals surface area contributed by atoms with Gasteiger partial charge < -0.3 is 5.11 Å². The first-order valence-corrected chi connectivity index (χ1v) is 10.4. The molecule has 1 aliphatic rings. The Morgan fingerprint density at radius 1 is 0.926 bits per heavy atom. The second-order valence-corrected chi connectivity index (χ2v) is 8.48. The number of unbranched alkanes of at least 4 members (excludes halogenated alkanes) is 2. The molecule has 0 spiro atoms. The van der Waals surface area contributed by atoms with Crippen LogP contribution in [0, 0.1) is 0 Å². The van der Waals surface area contributed by atoms with E-state index < -0.39 is 5.60 Å². The molecule has 0 fully saturated rings. The van der Waals surface area contributed by atoms with Crippen molar-refractivity contribution in [1.29, 1.82) is 0 Å². The number of hydrogen-bond donors (Lipinski definition) is 1. The van der Waals surface area contributed by atoms with Gasteiger partial charge in [0, 0.05) is 11.0 Å². The lowest BCUT2D eigenvalue weighted by molar-refractivity contribution is 0.0488. The molecule has 0 saturated heterocycles. The van der Waals surface area contributed by atoms with E-state index in [4.69, 9.17) is 0 Å². The number of aliphatic hydroxyl groups is 1. The summed E-state index contributed by atoms with van der Waals surface area (Å²) in [6, 6.07) is 14.8. The first-order chi connectivity index (χ1) is 12.8. The Balaban J connectivity index is 2.20. The molecule has 0 unspecified atom stereocenters. The van der Waals surface area contributed by atoms with E-state index in [0.717, 1.165) is 25.7 Å². The first-order valence-electron chi connectivity index (χ1n) is 10.4. The first kappa shape index (κ1) is 19.8. The maximum absolute atomic E-state index is 12.7. The number of carbonyl (C=O) groups is 1. The third-order valence-electron chi connectivity index (χ3n) is 6.00. The molecule has 0 aliphatic heterocycles. The van der Waals surface area contributed by atoms with Crippen LogP contribution in [0.1, 0.15) is 87.7 Å². The number of benzene rings is 2. The minimum absolute atomic E-state index is 0.0200. The molecule has 2 aromatic rings. The Kier molecular flexibility index (Phi) is 5.58. The quantitative estimate of drug-likeness (QED) is 0.559. The fourth-order valence-corrected chi connectivity index (χ4v) is 4.57. The summed E-state index contributed by atoms with van der Waals surface area (Å²) in [7, 11) is 0. The molecule has 1 N–H and O–H groups in total. The molecule has 0 atom stereocenters. The van der Waals surface area contributed by atoms with Crippen molar-refractivity contribution in [2.45, 2.75) is 77.2 Å². The van der Waals surface area contributed by atoms with Gasteiger partial charge in [0.1, 0.15) is 5.60 Å². The van der Waals surface area contributed by atoms with E-state index in [9.17, 15) is 9.90 Å². The van der Waals surface area contributed by atoms with Gasteiger partial charge in [-0.3, -0.25) is 4.79 Å². The summed E-state index contributed by atoms with van der Waals surface area (Å²) in [4.78, 5) is 12.7. The van der Waals surface area contributed by atoms with E-state index in [-0.39, 0.29) is 11.2 Å². The third-order valence-corrected chi connectivity index (χ3v) is 6.00. The molecule has 2 aromatic carbocycles. The second kappa shape index (κ2) is 7.59. The van der Waals surface area contributed by atoms with E-state index in [1.165, 1.54) is 35.1 Å². The molecule has 144 valence electrons. The van der Waals surface area contributed by atoms with Crippen LogP contribution in [0.5, 0.6) is 0 Å². The largest absolute Gasteiger partial charge is 0.382 e. The number of hydrogen-bond acceptors (Lipinski definition) is 2. The molecule has 27 heavy (non-hydrogen) atoms. The molecule has 2 heteroatoms. The topological polar surface area (TPSA) is 37.3 Å². The zero-order chi connectivity index (χ0) is 19.7. The summed E-state index contributed by atoms with van der Waals surface area (Å²) in [5.74, 6) is -0.207. The van der Waals surface area contributed by atoms with E-state index in [1.54, 1.807) is 13.8 Å². The van der Waals surface area contributed by atoms with Crippen molar-refractivity contribution in [3.63, 3.8) is 0 Å². The van der Waals surface area contributed by atoms with Gasteiger partial charge >= 0.3 is 0 Å². The molecule has 0 radical (unpaired) electrons. The van der Waals surface area contributed by atoms with E-state index in [0.29, 0.717) is 5.56 Å². The van der Waals surface area contributed by atoms with Crippen molar-refractivity contribution in [1.82, 2.24) is 0 Å². The van der Waals surface area contributed by atoms with Gasteiger partial charge in [0.2, 0.25) is 0 Å². The number of Topliss-reactive ketones (excluding diaryl/α,β-unsaturated/α-hetero) is 1. The van der Waals surface area contributed by atoms with Crippen LogP contribution in [-0.4, -0.2) is 16.5 Å². The smallest absolute Gasteiger partial charge is 0.193 e. The monoisotopic (exact) mass is 364 g/mol. The summed E-state index contributed by atoms with van der Waals surface area (Å²) in [6.45, 7) is 7.62. The van der Waals surface area contributed by atoms with Crippen LogP contribution >= 0.6 is 0 Å². The van der Waals surface area contributed by atoms with Crippen LogP contribution < -0.4 is 0 Å². The Morgan fingerprint density at radius 3 is 2.11 bits per heavy atom. The minimum Gasteiger partial charge on any atom is -0.382 e. The van der Waals surface area contributed by atoms with Crippen molar-refractivity contribution in [2.75, 3.05) is 0 Å².